The quantitative estimate of drug-likeness (QED) is 0.860. The van der Waals surface area contributed by atoms with E-state index in [0.717, 1.165) is 18.8 Å². The third kappa shape index (κ3) is 3.54. The van der Waals surface area contributed by atoms with Crippen LogP contribution in [0, 0.1) is 5.41 Å². The number of nitrogens with two attached hydrogens (primary N) is 1. The summed E-state index contributed by atoms with van der Waals surface area (Å²) in [5.74, 6) is 0. The Balaban J connectivity index is 2.54. The van der Waals surface area contributed by atoms with Crippen molar-refractivity contribution in [2.45, 2.75) is 39.8 Å². The van der Waals surface area contributed by atoms with Gasteiger partial charge in [-0.15, -0.1) is 11.3 Å². The van der Waals surface area contributed by atoms with E-state index in [0.29, 0.717) is 0 Å². The van der Waals surface area contributed by atoms with Crippen molar-refractivity contribution in [1.29, 1.82) is 0 Å². The molecule has 2 N–H and O–H groups in total. The number of aromatic nitrogens is 1. The van der Waals surface area contributed by atoms with Gasteiger partial charge in [0, 0.05) is 24.0 Å². The van der Waals surface area contributed by atoms with Gasteiger partial charge in [0.25, 0.3) is 0 Å². The lowest BCUT2D eigenvalue weighted by atomic mass is 9.75. The Morgan fingerprint density at radius 3 is 2.44 bits per heavy atom. The van der Waals surface area contributed by atoms with Crippen LogP contribution in [0.15, 0.2) is 10.9 Å². The lowest BCUT2D eigenvalue weighted by molar-refractivity contribution is 0.126. The van der Waals surface area contributed by atoms with Gasteiger partial charge in [-0.3, -0.25) is 4.90 Å². The van der Waals surface area contributed by atoms with Gasteiger partial charge in [-0.25, -0.2) is 4.98 Å². The molecular formula is C12H23N3S. The third-order valence-corrected chi connectivity index (χ3v) is 3.96. The Morgan fingerprint density at radius 2 is 2.00 bits per heavy atom. The van der Waals surface area contributed by atoms with Gasteiger partial charge >= 0.3 is 0 Å². The molecule has 0 aromatic carbocycles. The standard InChI is InChI=1S/C12H23N3S/c1-11(2,12(3,4)13)8-15(5)6-10-7-16-9-14-10/h7,9H,6,8,13H2,1-5H3. The Hall–Kier alpha value is -0.450. The molecule has 0 radical (unpaired) electrons. The van der Waals surface area contributed by atoms with Gasteiger partial charge in [-0.05, 0) is 26.3 Å². The first-order valence-corrected chi connectivity index (χ1v) is 6.51. The molecule has 1 rings (SSSR count). The van der Waals surface area contributed by atoms with Gasteiger partial charge in [0.05, 0.1) is 11.2 Å². The fraction of sp³-hybridized carbons (Fsp3) is 0.750. The number of hydrogen-bond acceptors (Lipinski definition) is 4. The molecule has 1 aromatic rings. The van der Waals surface area contributed by atoms with E-state index in [9.17, 15) is 0 Å². The van der Waals surface area contributed by atoms with Crippen molar-refractivity contribution in [2.24, 2.45) is 11.1 Å². The van der Waals surface area contributed by atoms with Crippen LogP contribution in [0.1, 0.15) is 33.4 Å². The predicted molar refractivity (Wildman–Crippen MR) is 70.5 cm³/mol. The highest BCUT2D eigenvalue weighted by Gasteiger charge is 2.34. The maximum Gasteiger partial charge on any atom is 0.0795 e. The SMILES string of the molecule is CN(Cc1cscn1)CC(C)(C)C(C)(C)N. The Kier molecular flexibility index (Phi) is 4.10. The molecule has 0 bridgehead atoms. The highest BCUT2D eigenvalue weighted by atomic mass is 32.1. The Morgan fingerprint density at radius 1 is 1.38 bits per heavy atom. The first-order valence-electron chi connectivity index (χ1n) is 5.57. The number of thiazole rings is 1. The summed E-state index contributed by atoms with van der Waals surface area (Å²) in [5.41, 5.74) is 9.11. The first kappa shape index (κ1) is 13.6. The molecule has 92 valence electrons. The van der Waals surface area contributed by atoms with Crippen molar-refractivity contribution >= 4 is 11.3 Å². The van der Waals surface area contributed by atoms with Crippen molar-refractivity contribution < 1.29 is 0 Å². The molecule has 0 fully saturated rings. The van der Waals surface area contributed by atoms with Crippen LogP contribution >= 0.6 is 11.3 Å². The van der Waals surface area contributed by atoms with Crippen LogP contribution < -0.4 is 5.73 Å². The van der Waals surface area contributed by atoms with Gasteiger partial charge in [0.2, 0.25) is 0 Å². The molecule has 16 heavy (non-hydrogen) atoms. The van der Waals surface area contributed by atoms with Gasteiger partial charge in [0.1, 0.15) is 0 Å². The number of nitrogens with zero attached hydrogens (tertiary/aromatic N) is 2. The number of rotatable bonds is 5. The second kappa shape index (κ2) is 4.82. The lowest BCUT2D eigenvalue weighted by Gasteiger charge is -2.41. The van der Waals surface area contributed by atoms with Crippen LogP contribution in [0.25, 0.3) is 0 Å². The summed E-state index contributed by atoms with van der Waals surface area (Å²) in [5, 5.41) is 2.09. The zero-order valence-corrected chi connectivity index (χ0v) is 11.8. The second-order valence-corrected chi connectivity index (χ2v) is 6.48. The van der Waals surface area contributed by atoms with E-state index in [1.54, 1.807) is 11.3 Å². The predicted octanol–water partition coefficient (Wildman–Crippen LogP) is 2.34. The molecule has 0 amide bonds. The van der Waals surface area contributed by atoms with E-state index in [4.69, 9.17) is 5.73 Å². The minimum Gasteiger partial charge on any atom is -0.325 e. The zero-order valence-electron chi connectivity index (χ0n) is 10.9. The fourth-order valence-corrected chi connectivity index (χ4v) is 2.08. The minimum atomic E-state index is -0.177. The highest BCUT2D eigenvalue weighted by molar-refractivity contribution is 7.07. The van der Waals surface area contributed by atoms with Crippen molar-refractivity contribution in [3.8, 4) is 0 Å². The van der Waals surface area contributed by atoms with Gasteiger partial charge < -0.3 is 5.73 Å². The van der Waals surface area contributed by atoms with Crippen LogP contribution in [-0.2, 0) is 6.54 Å². The summed E-state index contributed by atoms with van der Waals surface area (Å²) in [6.45, 7) is 10.5. The molecule has 0 atom stereocenters. The van der Waals surface area contributed by atoms with Gasteiger partial charge in [-0.2, -0.15) is 0 Å². The maximum atomic E-state index is 6.19. The summed E-state index contributed by atoms with van der Waals surface area (Å²) >= 11 is 1.64. The Bertz CT molecular complexity index is 312. The van der Waals surface area contributed by atoms with Crippen LogP contribution in [-0.4, -0.2) is 29.0 Å². The van der Waals surface area contributed by atoms with E-state index in [2.05, 4.69) is 50.0 Å². The molecular weight excluding hydrogens is 218 g/mol. The van der Waals surface area contributed by atoms with Crippen molar-refractivity contribution in [2.75, 3.05) is 13.6 Å². The average molecular weight is 241 g/mol. The fourth-order valence-electron chi connectivity index (χ4n) is 1.53. The van der Waals surface area contributed by atoms with Gasteiger partial charge in [0.15, 0.2) is 0 Å². The molecule has 0 saturated heterocycles. The van der Waals surface area contributed by atoms with Crippen LogP contribution in [0.3, 0.4) is 0 Å². The van der Waals surface area contributed by atoms with E-state index in [1.807, 2.05) is 5.51 Å². The second-order valence-electron chi connectivity index (χ2n) is 5.76. The molecule has 1 aromatic heterocycles. The summed E-state index contributed by atoms with van der Waals surface area (Å²) in [6, 6.07) is 0. The molecule has 1 heterocycles. The molecule has 0 aliphatic rings. The van der Waals surface area contributed by atoms with Crippen molar-refractivity contribution in [1.82, 2.24) is 9.88 Å². The molecule has 0 saturated carbocycles. The molecule has 0 unspecified atom stereocenters. The van der Waals surface area contributed by atoms with Crippen LogP contribution in [0.4, 0.5) is 0 Å². The smallest absolute Gasteiger partial charge is 0.0795 e. The zero-order chi connectivity index (χ0) is 12.4. The van der Waals surface area contributed by atoms with E-state index >= 15 is 0 Å². The molecule has 0 aliphatic carbocycles. The summed E-state index contributed by atoms with van der Waals surface area (Å²) < 4.78 is 0. The van der Waals surface area contributed by atoms with E-state index in [-0.39, 0.29) is 11.0 Å². The molecule has 3 nitrogen and oxygen atoms in total. The minimum absolute atomic E-state index is 0.0811. The lowest BCUT2D eigenvalue weighted by Crippen LogP contribution is -2.52. The van der Waals surface area contributed by atoms with Crippen LogP contribution in [0.5, 0.6) is 0 Å². The summed E-state index contributed by atoms with van der Waals surface area (Å²) in [7, 11) is 2.12. The molecule has 0 aliphatic heterocycles. The van der Waals surface area contributed by atoms with E-state index in [1.165, 1.54) is 0 Å². The van der Waals surface area contributed by atoms with Crippen molar-refractivity contribution in [3.63, 3.8) is 0 Å². The monoisotopic (exact) mass is 241 g/mol. The maximum absolute atomic E-state index is 6.19. The van der Waals surface area contributed by atoms with Crippen LogP contribution in [0.2, 0.25) is 0 Å². The third-order valence-electron chi connectivity index (χ3n) is 3.32. The summed E-state index contributed by atoms with van der Waals surface area (Å²) in [6.07, 6.45) is 0. The largest absolute Gasteiger partial charge is 0.325 e. The first-order chi connectivity index (χ1) is 7.22. The summed E-state index contributed by atoms with van der Waals surface area (Å²) in [4.78, 5) is 6.58. The van der Waals surface area contributed by atoms with Crippen molar-refractivity contribution in [3.05, 3.63) is 16.6 Å². The Labute approximate surface area is 103 Å². The average Bonchev–Trinajstić information content (AvgIpc) is 2.52. The van der Waals surface area contributed by atoms with E-state index < -0.39 is 0 Å². The topological polar surface area (TPSA) is 42.2 Å². The highest BCUT2D eigenvalue weighted by Crippen LogP contribution is 2.29. The normalized spacial score (nSPS) is 13.4. The molecule has 0 spiro atoms. The number of hydrogen-bond donors (Lipinski definition) is 1. The molecule has 4 heteroatoms. The van der Waals surface area contributed by atoms with Gasteiger partial charge in [-0.1, -0.05) is 13.8 Å².